The Hall–Kier alpha value is -1.56. The number of benzene rings is 2. The molecular formula is C19H20ClNO3S. The summed E-state index contributed by atoms with van der Waals surface area (Å²) in [6.07, 6.45) is 1.76. The molecule has 25 heavy (non-hydrogen) atoms. The van der Waals surface area contributed by atoms with Crippen molar-refractivity contribution in [2.45, 2.75) is 30.6 Å². The van der Waals surface area contributed by atoms with Crippen molar-refractivity contribution in [1.82, 2.24) is 4.31 Å². The molecule has 2 aromatic rings. The summed E-state index contributed by atoms with van der Waals surface area (Å²) in [5, 5.41) is 0.482. The highest BCUT2D eigenvalue weighted by atomic mass is 35.5. The van der Waals surface area contributed by atoms with E-state index in [9.17, 15) is 8.42 Å². The molecule has 2 heterocycles. The van der Waals surface area contributed by atoms with Crippen LogP contribution < -0.4 is 4.74 Å². The molecule has 1 fully saturated rings. The largest absolute Gasteiger partial charge is 0.493 e. The number of nitrogens with zero attached hydrogens (tertiary/aromatic N) is 1. The van der Waals surface area contributed by atoms with Gasteiger partial charge in [-0.25, -0.2) is 8.42 Å². The SMILES string of the molecule is Cc1c(Cl)cccc1S(=O)(=O)N1CC[C@@H](c2ccc3c(c2)CCO3)C1. The fourth-order valence-electron chi connectivity index (χ4n) is 3.69. The van der Waals surface area contributed by atoms with Gasteiger partial charge in [-0.1, -0.05) is 29.8 Å². The molecule has 0 bridgehead atoms. The third-order valence-electron chi connectivity index (χ3n) is 5.17. The Balaban J connectivity index is 1.59. The van der Waals surface area contributed by atoms with Crippen LogP contribution in [-0.2, 0) is 16.4 Å². The number of rotatable bonds is 3. The quantitative estimate of drug-likeness (QED) is 0.818. The topological polar surface area (TPSA) is 46.6 Å². The van der Waals surface area contributed by atoms with Gasteiger partial charge < -0.3 is 4.74 Å². The van der Waals surface area contributed by atoms with Crippen molar-refractivity contribution in [2.75, 3.05) is 19.7 Å². The van der Waals surface area contributed by atoms with Crippen LogP contribution in [0.5, 0.6) is 5.75 Å². The number of ether oxygens (including phenoxy) is 1. The molecule has 0 spiro atoms. The van der Waals surface area contributed by atoms with E-state index in [4.69, 9.17) is 16.3 Å². The molecule has 1 atom stereocenters. The van der Waals surface area contributed by atoms with E-state index in [1.807, 2.05) is 6.07 Å². The third kappa shape index (κ3) is 2.94. The molecule has 0 unspecified atom stereocenters. The number of hydrogen-bond donors (Lipinski definition) is 0. The average molecular weight is 378 g/mol. The Morgan fingerprint density at radius 1 is 1.24 bits per heavy atom. The molecular weight excluding hydrogens is 358 g/mol. The van der Waals surface area contributed by atoms with Crippen molar-refractivity contribution < 1.29 is 13.2 Å². The van der Waals surface area contributed by atoms with E-state index >= 15 is 0 Å². The van der Waals surface area contributed by atoms with Crippen LogP contribution in [0, 0.1) is 6.92 Å². The van der Waals surface area contributed by atoms with Gasteiger partial charge in [0.25, 0.3) is 0 Å². The first kappa shape index (κ1) is 16.9. The van der Waals surface area contributed by atoms with Crippen molar-refractivity contribution in [3.8, 4) is 5.75 Å². The van der Waals surface area contributed by atoms with Crippen LogP contribution in [0.4, 0.5) is 0 Å². The maximum Gasteiger partial charge on any atom is 0.243 e. The Morgan fingerprint density at radius 2 is 2.08 bits per heavy atom. The van der Waals surface area contributed by atoms with Crippen molar-refractivity contribution in [3.63, 3.8) is 0 Å². The number of halogens is 1. The summed E-state index contributed by atoms with van der Waals surface area (Å²) in [5.41, 5.74) is 3.04. The average Bonchev–Trinajstić information content (AvgIpc) is 3.25. The molecule has 4 nitrogen and oxygen atoms in total. The van der Waals surface area contributed by atoms with Crippen LogP contribution >= 0.6 is 11.6 Å². The molecule has 0 saturated carbocycles. The third-order valence-corrected chi connectivity index (χ3v) is 7.59. The van der Waals surface area contributed by atoms with E-state index in [1.165, 1.54) is 11.1 Å². The normalized spacial score (nSPS) is 20.5. The zero-order valence-corrected chi connectivity index (χ0v) is 15.6. The maximum absolute atomic E-state index is 13.0. The summed E-state index contributed by atoms with van der Waals surface area (Å²) in [5.74, 6) is 1.18. The molecule has 0 radical (unpaired) electrons. The monoisotopic (exact) mass is 377 g/mol. The number of sulfonamides is 1. The van der Waals surface area contributed by atoms with Gasteiger partial charge in [0.15, 0.2) is 0 Å². The zero-order chi connectivity index (χ0) is 17.6. The fourth-order valence-corrected chi connectivity index (χ4v) is 5.66. The first-order valence-corrected chi connectivity index (χ1v) is 10.3. The van der Waals surface area contributed by atoms with Gasteiger partial charge in [-0.3, -0.25) is 0 Å². The summed E-state index contributed by atoms with van der Waals surface area (Å²) < 4.78 is 33.2. The van der Waals surface area contributed by atoms with Gasteiger partial charge in [-0.05, 0) is 54.2 Å². The smallest absolute Gasteiger partial charge is 0.243 e. The van der Waals surface area contributed by atoms with E-state index in [0.717, 1.165) is 25.2 Å². The Bertz CT molecular complexity index is 926. The van der Waals surface area contributed by atoms with Gasteiger partial charge in [-0.15, -0.1) is 0 Å². The Morgan fingerprint density at radius 3 is 2.92 bits per heavy atom. The van der Waals surface area contributed by atoms with E-state index in [0.29, 0.717) is 28.6 Å². The van der Waals surface area contributed by atoms with Crippen molar-refractivity contribution in [2.24, 2.45) is 0 Å². The molecule has 4 rings (SSSR count). The standard InChI is InChI=1S/C19H20ClNO3S/c1-13-17(20)3-2-4-19(13)25(22,23)21-9-7-16(12-21)14-5-6-18-15(11-14)8-10-24-18/h2-6,11,16H,7-10,12H2,1H3/t16-/m1/s1. The van der Waals surface area contributed by atoms with Crippen LogP contribution in [0.25, 0.3) is 0 Å². The number of fused-ring (bicyclic) bond motifs is 1. The van der Waals surface area contributed by atoms with Crippen molar-refractivity contribution >= 4 is 21.6 Å². The van der Waals surface area contributed by atoms with Gasteiger partial charge in [-0.2, -0.15) is 4.31 Å². The lowest BCUT2D eigenvalue weighted by Gasteiger charge is -2.19. The van der Waals surface area contributed by atoms with Gasteiger partial charge in [0.2, 0.25) is 10.0 Å². The van der Waals surface area contributed by atoms with Crippen LogP contribution in [0.3, 0.4) is 0 Å². The number of hydrogen-bond acceptors (Lipinski definition) is 3. The summed E-state index contributed by atoms with van der Waals surface area (Å²) in [7, 11) is -3.52. The summed E-state index contributed by atoms with van der Waals surface area (Å²) >= 11 is 6.11. The minimum absolute atomic E-state index is 0.222. The highest BCUT2D eigenvalue weighted by Crippen LogP contribution is 2.35. The van der Waals surface area contributed by atoms with E-state index < -0.39 is 10.0 Å². The molecule has 0 aliphatic carbocycles. The highest BCUT2D eigenvalue weighted by Gasteiger charge is 2.34. The molecule has 0 aromatic heterocycles. The van der Waals surface area contributed by atoms with Gasteiger partial charge >= 0.3 is 0 Å². The lowest BCUT2D eigenvalue weighted by Crippen LogP contribution is -2.29. The Kier molecular flexibility index (Phi) is 4.26. The van der Waals surface area contributed by atoms with Gasteiger partial charge in [0, 0.05) is 24.5 Å². The van der Waals surface area contributed by atoms with Crippen molar-refractivity contribution in [3.05, 3.63) is 58.1 Å². The maximum atomic E-state index is 13.0. The van der Waals surface area contributed by atoms with Crippen LogP contribution in [0.15, 0.2) is 41.3 Å². The van der Waals surface area contributed by atoms with E-state index in [1.54, 1.807) is 29.4 Å². The Labute approximate surface area is 153 Å². The van der Waals surface area contributed by atoms with Crippen LogP contribution in [0.2, 0.25) is 5.02 Å². The lowest BCUT2D eigenvalue weighted by molar-refractivity contribution is 0.357. The van der Waals surface area contributed by atoms with Gasteiger partial charge in [0.1, 0.15) is 5.75 Å². The van der Waals surface area contributed by atoms with Crippen molar-refractivity contribution in [1.29, 1.82) is 0 Å². The summed E-state index contributed by atoms with van der Waals surface area (Å²) in [4.78, 5) is 0.308. The second-order valence-electron chi connectivity index (χ2n) is 6.68. The minimum Gasteiger partial charge on any atom is -0.493 e. The van der Waals surface area contributed by atoms with E-state index in [2.05, 4.69) is 12.1 Å². The summed E-state index contributed by atoms with van der Waals surface area (Å²) in [6.45, 7) is 3.53. The molecule has 2 aromatic carbocycles. The molecule has 132 valence electrons. The lowest BCUT2D eigenvalue weighted by atomic mass is 9.96. The minimum atomic E-state index is -3.52. The second-order valence-corrected chi connectivity index (χ2v) is 8.99. The first-order valence-electron chi connectivity index (χ1n) is 8.48. The second kappa shape index (κ2) is 6.31. The molecule has 0 N–H and O–H groups in total. The molecule has 0 amide bonds. The first-order chi connectivity index (χ1) is 12.0. The van der Waals surface area contributed by atoms with Crippen LogP contribution in [-0.4, -0.2) is 32.4 Å². The molecule has 1 saturated heterocycles. The highest BCUT2D eigenvalue weighted by molar-refractivity contribution is 7.89. The molecule has 2 aliphatic rings. The predicted molar refractivity (Wildman–Crippen MR) is 97.9 cm³/mol. The predicted octanol–water partition coefficient (Wildman–Crippen LogP) is 3.76. The van der Waals surface area contributed by atoms with Gasteiger partial charge in [0.05, 0.1) is 11.5 Å². The van der Waals surface area contributed by atoms with E-state index in [-0.39, 0.29) is 5.92 Å². The van der Waals surface area contributed by atoms with Crippen LogP contribution in [0.1, 0.15) is 29.0 Å². The molecule has 2 aliphatic heterocycles. The fraction of sp³-hybridized carbons (Fsp3) is 0.368. The summed E-state index contributed by atoms with van der Waals surface area (Å²) in [6, 6.07) is 11.3. The molecule has 6 heteroatoms. The zero-order valence-electron chi connectivity index (χ0n) is 14.0.